The predicted octanol–water partition coefficient (Wildman–Crippen LogP) is 5.50. The number of aromatic amines is 1. The lowest BCUT2D eigenvalue weighted by Gasteiger charge is -2.42. The maximum atomic E-state index is 13.2. The van der Waals surface area contributed by atoms with E-state index in [-0.39, 0.29) is 17.1 Å². The molecule has 1 aliphatic carbocycles. The fourth-order valence-electron chi connectivity index (χ4n) is 5.34. The van der Waals surface area contributed by atoms with Crippen LogP contribution in [0.25, 0.3) is 10.9 Å². The first kappa shape index (κ1) is 24.6. The molecule has 1 aromatic carbocycles. The van der Waals surface area contributed by atoms with Crippen LogP contribution in [0.3, 0.4) is 0 Å². The average molecular weight is 465 g/mol. The van der Waals surface area contributed by atoms with Crippen molar-refractivity contribution in [3.63, 3.8) is 0 Å². The third-order valence-corrected chi connectivity index (χ3v) is 7.66. The van der Waals surface area contributed by atoms with Gasteiger partial charge in [0.15, 0.2) is 5.82 Å². The third-order valence-electron chi connectivity index (χ3n) is 7.66. The molecule has 1 aliphatic rings. The van der Waals surface area contributed by atoms with Crippen molar-refractivity contribution in [2.45, 2.75) is 104 Å². The Labute approximate surface area is 202 Å². The Hall–Kier alpha value is -2.54. The van der Waals surface area contributed by atoms with Crippen LogP contribution < -0.4 is 5.56 Å². The van der Waals surface area contributed by atoms with Crippen molar-refractivity contribution in [2.24, 2.45) is 5.92 Å². The van der Waals surface area contributed by atoms with Crippen LogP contribution in [0.5, 0.6) is 0 Å². The zero-order valence-electron chi connectivity index (χ0n) is 21.6. The number of pyridine rings is 1. The van der Waals surface area contributed by atoms with E-state index in [1.165, 1.54) is 24.8 Å². The lowest BCUT2D eigenvalue weighted by Crippen LogP contribution is -2.44. The van der Waals surface area contributed by atoms with Crippen LogP contribution in [0.1, 0.15) is 96.1 Å². The van der Waals surface area contributed by atoms with E-state index in [2.05, 4.69) is 79.1 Å². The van der Waals surface area contributed by atoms with Crippen LogP contribution >= 0.6 is 0 Å². The number of aryl methyl sites for hydroxylation is 1. The van der Waals surface area contributed by atoms with Crippen LogP contribution in [0.15, 0.2) is 29.1 Å². The number of benzene rings is 1. The summed E-state index contributed by atoms with van der Waals surface area (Å²) in [6.07, 6.45) is 6.96. The summed E-state index contributed by atoms with van der Waals surface area (Å²) in [5.41, 5.74) is 2.70. The lowest BCUT2D eigenvalue weighted by atomic mass is 9.89. The van der Waals surface area contributed by atoms with E-state index in [4.69, 9.17) is 0 Å². The van der Waals surface area contributed by atoms with E-state index in [0.29, 0.717) is 18.5 Å². The average Bonchev–Trinajstić information content (AvgIpc) is 3.30. The van der Waals surface area contributed by atoms with Gasteiger partial charge < -0.3 is 4.98 Å². The Morgan fingerprint density at radius 2 is 1.91 bits per heavy atom. The molecule has 34 heavy (non-hydrogen) atoms. The number of nitrogens with zero attached hydrogens (tertiary/aromatic N) is 5. The number of hydrogen-bond acceptors (Lipinski definition) is 5. The number of H-pyrrole nitrogens is 1. The Kier molecular flexibility index (Phi) is 7.22. The van der Waals surface area contributed by atoms with Gasteiger partial charge in [-0.3, -0.25) is 9.69 Å². The van der Waals surface area contributed by atoms with Gasteiger partial charge in [-0.2, -0.15) is 0 Å². The quantitative estimate of drug-likeness (QED) is 0.476. The van der Waals surface area contributed by atoms with Gasteiger partial charge in [0, 0.05) is 23.7 Å². The van der Waals surface area contributed by atoms with Gasteiger partial charge in [0.2, 0.25) is 0 Å². The minimum atomic E-state index is -0.178. The highest BCUT2D eigenvalue weighted by Gasteiger charge is 2.37. The van der Waals surface area contributed by atoms with Gasteiger partial charge >= 0.3 is 0 Å². The van der Waals surface area contributed by atoms with E-state index in [0.717, 1.165) is 41.6 Å². The Balaban J connectivity index is 1.80. The first-order chi connectivity index (χ1) is 16.2. The smallest absolute Gasteiger partial charge is 0.252 e. The summed E-state index contributed by atoms with van der Waals surface area (Å²) in [5.74, 6) is 1.20. The molecule has 2 heterocycles. The first-order valence-electron chi connectivity index (χ1n) is 12.9. The van der Waals surface area contributed by atoms with Gasteiger partial charge in [-0.05, 0) is 80.0 Å². The van der Waals surface area contributed by atoms with Crippen molar-refractivity contribution in [3.05, 3.63) is 51.6 Å². The number of fused-ring (bicyclic) bond motifs is 1. The van der Waals surface area contributed by atoms with E-state index < -0.39 is 0 Å². The van der Waals surface area contributed by atoms with Crippen LogP contribution in [0.2, 0.25) is 0 Å². The molecule has 4 rings (SSSR count). The van der Waals surface area contributed by atoms with Gasteiger partial charge in [-0.1, -0.05) is 51.7 Å². The summed E-state index contributed by atoms with van der Waals surface area (Å²) in [6, 6.07) is 8.68. The highest BCUT2D eigenvalue weighted by atomic mass is 16.1. The van der Waals surface area contributed by atoms with Gasteiger partial charge in [0.1, 0.15) is 0 Å². The van der Waals surface area contributed by atoms with E-state index in [1.54, 1.807) is 0 Å². The number of tetrazole rings is 1. The molecule has 1 N–H and O–H groups in total. The zero-order chi connectivity index (χ0) is 24.5. The summed E-state index contributed by atoms with van der Waals surface area (Å²) >= 11 is 0. The third kappa shape index (κ3) is 4.95. The SMILES string of the molecule is CCC(C)(C)n1nnnc1C(C(C)C)N(Cc1cc2cc(C)ccc2[nH]c1=O)C1CCCCC1. The van der Waals surface area contributed by atoms with Gasteiger partial charge in [0.05, 0.1) is 11.6 Å². The molecule has 2 aromatic heterocycles. The molecule has 1 unspecified atom stereocenters. The molecular formula is C27H40N6O. The molecule has 7 heteroatoms. The lowest BCUT2D eigenvalue weighted by molar-refractivity contribution is 0.0572. The van der Waals surface area contributed by atoms with Crippen LogP contribution in [0, 0.1) is 12.8 Å². The number of nitrogens with one attached hydrogen (secondary N) is 1. The molecule has 0 spiro atoms. The summed E-state index contributed by atoms with van der Waals surface area (Å²) in [4.78, 5) is 18.8. The van der Waals surface area contributed by atoms with Gasteiger partial charge in [0.25, 0.3) is 5.56 Å². The van der Waals surface area contributed by atoms with Crippen molar-refractivity contribution in [3.8, 4) is 0 Å². The molecule has 0 bridgehead atoms. The summed E-state index contributed by atoms with van der Waals surface area (Å²) in [7, 11) is 0. The largest absolute Gasteiger partial charge is 0.322 e. The number of aromatic nitrogens is 5. The summed E-state index contributed by atoms with van der Waals surface area (Å²) in [6.45, 7) is 13.7. The second kappa shape index (κ2) is 9.98. The topological polar surface area (TPSA) is 79.7 Å². The highest BCUT2D eigenvalue weighted by molar-refractivity contribution is 5.79. The molecule has 0 aliphatic heterocycles. The van der Waals surface area contributed by atoms with Crippen LogP contribution in [0.4, 0.5) is 0 Å². The summed E-state index contributed by atoms with van der Waals surface area (Å²) < 4.78 is 2.02. The van der Waals surface area contributed by atoms with Crippen molar-refractivity contribution < 1.29 is 0 Å². The van der Waals surface area contributed by atoms with E-state index >= 15 is 0 Å². The Morgan fingerprint density at radius 3 is 2.59 bits per heavy atom. The maximum absolute atomic E-state index is 13.2. The zero-order valence-corrected chi connectivity index (χ0v) is 21.6. The second-order valence-electron chi connectivity index (χ2n) is 11.0. The fourth-order valence-corrected chi connectivity index (χ4v) is 5.34. The van der Waals surface area contributed by atoms with Crippen molar-refractivity contribution in [1.82, 2.24) is 30.1 Å². The minimum absolute atomic E-state index is 0.00634. The Bertz CT molecular complexity index is 1170. The molecule has 0 radical (unpaired) electrons. The standard InChI is InChI=1S/C27H40N6O/c1-7-27(5,6)33-25(29-30-31-33)24(18(2)3)32(22-11-9-8-10-12-22)17-21-16-20-15-19(4)13-14-23(20)28-26(21)34/h13-16,18,22,24H,7-12,17H2,1-6H3,(H,28,34). The number of rotatable bonds is 8. The van der Waals surface area contributed by atoms with E-state index in [9.17, 15) is 4.79 Å². The molecule has 3 aromatic rings. The second-order valence-corrected chi connectivity index (χ2v) is 11.0. The van der Waals surface area contributed by atoms with E-state index in [1.807, 2.05) is 16.8 Å². The van der Waals surface area contributed by atoms with Crippen molar-refractivity contribution in [1.29, 1.82) is 0 Å². The molecular weight excluding hydrogens is 424 g/mol. The van der Waals surface area contributed by atoms with Crippen molar-refractivity contribution >= 4 is 10.9 Å². The Morgan fingerprint density at radius 1 is 1.18 bits per heavy atom. The minimum Gasteiger partial charge on any atom is -0.322 e. The molecule has 1 atom stereocenters. The fraction of sp³-hybridized carbons (Fsp3) is 0.630. The first-order valence-corrected chi connectivity index (χ1v) is 12.9. The highest BCUT2D eigenvalue weighted by Crippen LogP contribution is 2.36. The van der Waals surface area contributed by atoms with Crippen LogP contribution in [-0.2, 0) is 12.1 Å². The van der Waals surface area contributed by atoms with Gasteiger partial charge in [-0.25, -0.2) is 4.68 Å². The van der Waals surface area contributed by atoms with Gasteiger partial charge in [-0.15, -0.1) is 5.10 Å². The normalized spacial score (nSPS) is 16.6. The van der Waals surface area contributed by atoms with Crippen LogP contribution in [-0.4, -0.2) is 36.1 Å². The monoisotopic (exact) mass is 464 g/mol. The number of hydrogen-bond donors (Lipinski definition) is 1. The van der Waals surface area contributed by atoms with Crippen molar-refractivity contribution in [2.75, 3.05) is 0 Å². The molecule has 0 amide bonds. The molecule has 7 nitrogen and oxygen atoms in total. The molecule has 1 fully saturated rings. The maximum Gasteiger partial charge on any atom is 0.252 e. The molecule has 1 saturated carbocycles. The summed E-state index contributed by atoms with van der Waals surface area (Å²) in [5, 5.41) is 14.2. The molecule has 0 saturated heterocycles. The predicted molar refractivity (Wildman–Crippen MR) is 137 cm³/mol. The molecule has 184 valence electrons.